The van der Waals surface area contributed by atoms with Gasteiger partial charge >= 0.3 is 0 Å². The first-order valence-corrected chi connectivity index (χ1v) is 7.95. The predicted octanol–water partition coefficient (Wildman–Crippen LogP) is 3.90. The summed E-state index contributed by atoms with van der Waals surface area (Å²) in [5, 5.41) is 1.10. The Kier molecular flexibility index (Phi) is 8.30. The lowest BCUT2D eigenvalue weighted by atomic mass is 10.1. The molecule has 0 saturated carbocycles. The van der Waals surface area contributed by atoms with Crippen LogP contribution in [-0.4, -0.2) is 17.8 Å². The molecule has 3 nitrogen and oxygen atoms in total. The molecule has 0 aromatic heterocycles. The lowest BCUT2D eigenvalue weighted by molar-refractivity contribution is 0.1000. The number of alkyl halides is 1. The molecular weight excluding hydrogens is 306 g/mol. The third-order valence-corrected chi connectivity index (χ3v) is 3.48. The van der Waals surface area contributed by atoms with Crippen molar-refractivity contribution in [2.24, 2.45) is 5.73 Å². The molecule has 1 rings (SSSR count). The number of unbranched alkanes of at least 4 members (excludes halogenated alkanes) is 5. The average Bonchev–Trinajstić information content (AvgIpc) is 2.42. The van der Waals surface area contributed by atoms with Gasteiger partial charge in [0.05, 0.1) is 6.61 Å². The summed E-state index contributed by atoms with van der Waals surface area (Å²) in [5.41, 5.74) is 5.71. The lowest BCUT2D eigenvalue weighted by Gasteiger charge is -2.07. The van der Waals surface area contributed by atoms with E-state index in [0.717, 1.165) is 17.5 Å². The molecule has 0 radical (unpaired) electrons. The minimum Gasteiger partial charge on any atom is -0.494 e. The van der Waals surface area contributed by atoms with Crippen LogP contribution in [0.3, 0.4) is 0 Å². The first kappa shape index (κ1) is 16.0. The largest absolute Gasteiger partial charge is 0.494 e. The number of carbonyl (C=O) groups is 1. The number of rotatable bonds is 10. The normalized spacial score (nSPS) is 10.4. The summed E-state index contributed by atoms with van der Waals surface area (Å²) in [7, 11) is 0. The highest BCUT2D eigenvalue weighted by Gasteiger charge is 2.01. The standard InChI is InChI=1S/C15H22BrNO2/c16-10-5-3-1-2-4-6-11-19-14-9-7-8-13(12-14)15(17)18/h7-9,12H,1-6,10-11H2,(H2,17,18). The Labute approximate surface area is 123 Å². The summed E-state index contributed by atoms with van der Waals surface area (Å²) < 4.78 is 5.61. The number of primary amides is 1. The van der Waals surface area contributed by atoms with Crippen molar-refractivity contribution in [3.05, 3.63) is 29.8 Å². The number of nitrogens with two attached hydrogens (primary N) is 1. The zero-order chi connectivity index (χ0) is 13.9. The van der Waals surface area contributed by atoms with Crippen molar-refractivity contribution in [3.8, 4) is 5.75 Å². The third-order valence-electron chi connectivity index (χ3n) is 2.92. The first-order chi connectivity index (χ1) is 9.24. The van der Waals surface area contributed by atoms with Crippen LogP contribution in [0, 0.1) is 0 Å². The zero-order valence-electron chi connectivity index (χ0n) is 11.2. The zero-order valence-corrected chi connectivity index (χ0v) is 12.8. The molecule has 0 spiro atoms. The summed E-state index contributed by atoms with van der Waals surface area (Å²) in [6.45, 7) is 0.695. The van der Waals surface area contributed by atoms with Gasteiger partial charge in [0.2, 0.25) is 5.91 Å². The SMILES string of the molecule is NC(=O)c1cccc(OCCCCCCCCBr)c1. The average molecular weight is 328 g/mol. The second-order valence-corrected chi connectivity index (χ2v) is 5.34. The van der Waals surface area contributed by atoms with E-state index < -0.39 is 5.91 Å². The molecule has 0 heterocycles. The molecule has 1 aromatic rings. The first-order valence-electron chi connectivity index (χ1n) is 6.82. The van der Waals surface area contributed by atoms with Crippen LogP contribution in [-0.2, 0) is 0 Å². The van der Waals surface area contributed by atoms with Crippen molar-refractivity contribution in [1.29, 1.82) is 0 Å². The van der Waals surface area contributed by atoms with Gasteiger partial charge in [-0.05, 0) is 31.0 Å². The molecule has 2 N–H and O–H groups in total. The summed E-state index contributed by atoms with van der Waals surface area (Å²) >= 11 is 3.43. The van der Waals surface area contributed by atoms with Gasteiger partial charge in [0, 0.05) is 10.9 Å². The van der Waals surface area contributed by atoms with Crippen LogP contribution in [0.1, 0.15) is 48.9 Å². The molecule has 0 atom stereocenters. The van der Waals surface area contributed by atoms with Crippen molar-refractivity contribution >= 4 is 21.8 Å². The van der Waals surface area contributed by atoms with Gasteiger partial charge in [-0.2, -0.15) is 0 Å². The maximum atomic E-state index is 11.0. The highest BCUT2D eigenvalue weighted by atomic mass is 79.9. The Bertz CT molecular complexity index is 382. The molecule has 0 aliphatic heterocycles. The minimum atomic E-state index is -0.419. The monoisotopic (exact) mass is 327 g/mol. The van der Waals surface area contributed by atoms with E-state index in [1.165, 1.54) is 32.1 Å². The molecule has 0 aliphatic carbocycles. The van der Waals surface area contributed by atoms with Crippen molar-refractivity contribution in [2.45, 2.75) is 38.5 Å². The lowest BCUT2D eigenvalue weighted by Crippen LogP contribution is -2.10. The molecule has 1 aromatic carbocycles. The fourth-order valence-corrected chi connectivity index (χ4v) is 2.23. The highest BCUT2D eigenvalue weighted by Crippen LogP contribution is 2.14. The number of carbonyl (C=O) groups excluding carboxylic acids is 1. The van der Waals surface area contributed by atoms with Gasteiger partial charge in [-0.25, -0.2) is 0 Å². The molecule has 0 unspecified atom stereocenters. The van der Waals surface area contributed by atoms with Crippen molar-refractivity contribution in [2.75, 3.05) is 11.9 Å². The summed E-state index contributed by atoms with van der Waals surface area (Å²) in [6.07, 6.45) is 7.36. The van der Waals surface area contributed by atoms with Gasteiger partial charge in [0.15, 0.2) is 0 Å². The van der Waals surface area contributed by atoms with Crippen LogP contribution in [0.4, 0.5) is 0 Å². The molecular formula is C15H22BrNO2. The Balaban J connectivity index is 2.12. The molecule has 4 heteroatoms. The molecule has 0 bridgehead atoms. The topological polar surface area (TPSA) is 52.3 Å². The molecule has 1 amide bonds. The number of ether oxygens (including phenoxy) is 1. The van der Waals surface area contributed by atoms with E-state index in [0.29, 0.717) is 12.2 Å². The number of hydrogen-bond donors (Lipinski definition) is 1. The molecule has 19 heavy (non-hydrogen) atoms. The van der Waals surface area contributed by atoms with Gasteiger partial charge < -0.3 is 10.5 Å². The maximum Gasteiger partial charge on any atom is 0.248 e. The second kappa shape index (κ2) is 9.84. The smallest absolute Gasteiger partial charge is 0.248 e. The van der Waals surface area contributed by atoms with Gasteiger partial charge in [-0.3, -0.25) is 4.79 Å². The molecule has 0 fully saturated rings. The van der Waals surface area contributed by atoms with Crippen LogP contribution in [0.5, 0.6) is 5.75 Å². The van der Waals surface area contributed by atoms with E-state index in [2.05, 4.69) is 15.9 Å². The van der Waals surface area contributed by atoms with Gasteiger partial charge in [0.1, 0.15) is 5.75 Å². The quantitative estimate of drug-likeness (QED) is 0.523. The highest BCUT2D eigenvalue weighted by molar-refractivity contribution is 9.09. The van der Waals surface area contributed by atoms with Crippen LogP contribution in [0.2, 0.25) is 0 Å². The molecule has 106 valence electrons. The Morgan fingerprint density at radius 3 is 2.47 bits per heavy atom. The van der Waals surface area contributed by atoms with E-state index >= 15 is 0 Å². The summed E-state index contributed by atoms with van der Waals surface area (Å²) in [5.74, 6) is 0.299. The second-order valence-electron chi connectivity index (χ2n) is 4.55. The molecule has 0 aliphatic rings. The Morgan fingerprint density at radius 1 is 1.11 bits per heavy atom. The van der Waals surface area contributed by atoms with Gasteiger partial charge in [0.25, 0.3) is 0 Å². The van der Waals surface area contributed by atoms with Crippen LogP contribution in [0.15, 0.2) is 24.3 Å². The fourth-order valence-electron chi connectivity index (χ4n) is 1.83. The molecule has 0 saturated heterocycles. The Morgan fingerprint density at radius 2 is 1.79 bits per heavy atom. The number of amides is 1. The van der Waals surface area contributed by atoms with E-state index in [1.807, 2.05) is 6.07 Å². The Hall–Kier alpha value is -1.03. The number of benzene rings is 1. The predicted molar refractivity (Wildman–Crippen MR) is 82.0 cm³/mol. The number of halogens is 1. The van der Waals surface area contributed by atoms with Gasteiger partial charge in [-0.1, -0.05) is 47.7 Å². The third kappa shape index (κ3) is 7.21. The van der Waals surface area contributed by atoms with Crippen molar-refractivity contribution < 1.29 is 9.53 Å². The van der Waals surface area contributed by atoms with Crippen molar-refractivity contribution in [3.63, 3.8) is 0 Å². The fraction of sp³-hybridized carbons (Fsp3) is 0.533. The van der Waals surface area contributed by atoms with Crippen molar-refractivity contribution in [1.82, 2.24) is 0 Å². The van der Waals surface area contributed by atoms with E-state index in [1.54, 1.807) is 18.2 Å². The van der Waals surface area contributed by atoms with E-state index in [4.69, 9.17) is 10.5 Å². The number of hydrogen-bond acceptors (Lipinski definition) is 2. The van der Waals surface area contributed by atoms with Crippen LogP contribution < -0.4 is 10.5 Å². The maximum absolute atomic E-state index is 11.0. The summed E-state index contributed by atoms with van der Waals surface area (Å²) in [4.78, 5) is 11.0. The van der Waals surface area contributed by atoms with E-state index in [9.17, 15) is 4.79 Å². The minimum absolute atomic E-state index is 0.419. The summed E-state index contributed by atoms with van der Waals surface area (Å²) in [6, 6.07) is 7.02. The van der Waals surface area contributed by atoms with Crippen LogP contribution in [0.25, 0.3) is 0 Å². The van der Waals surface area contributed by atoms with Gasteiger partial charge in [-0.15, -0.1) is 0 Å². The van der Waals surface area contributed by atoms with Crippen LogP contribution >= 0.6 is 15.9 Å². The van der Waals surface area contributed by atoms with E-state index in [-0.39, 0.29) is 0 Å².